The van der Waals surface area contributed by atoms with Gasteiger partial charge in [0.05, 0.1) is 11.4 Å². The van der Waals surface area contributed by atoms with E-state index in [1.54, 1.807) is 0 Å². The van der Waals surface area contributed by atoms with E-state index in [1.165, 1.54) is 11.1 Å². The number of nitrogens with zero attached hydrogens (tertiary/aromatic N) is 2. The number of alkyl halides is 1. The molecule has 3 aromatic rings. The van der Waals surface area contributed by atoms with Crippen LogP contribution in [0.4, 0.5) is 5.82 Å². The Hall–Kier alpha value is -2.06. The van der Waals surface area contributed by atoms with Crippen LogP contribution in [-0.4, -0.2) is 4.98 Å². The molecule has 0 radical (unpaired) electrons. The van der Waals surface area contributed by atoms with E-state index < -0.39 is 0 Å². The van der Waals surface area contributed by atoms with Crippen LogP contribution in [0.15, 0.2) is 54.6 Å². The van der Waals surface area contributed by atoms with Gasteiger partial charge in [0.25, 0.3) is 0 Å². The van der Waals surface area contributed by atoms with Crippen LogP contribution >= 0.6 is 11.6 Å². The number of rotatable bonds is 2. The number of benzene rings is 2. The second-order valence-corrected chi connectivity index (χ2v) is 5.69. The summed E-state index contributed by atoms with van der Waals surface area (Å²) >= 11 is 6.16. The monoisotopic (exact) mass is 294 g/mol. The molecule has 4 rings (SSSR count). The highest BCUT2D eigenvalue weighted by atomic mass is 35.5. The second kappa shape index (κ2) is 5.05. The minimum atomic E-state index is 0.486. The maximum Gasteiger partial charge on any atom is 0.134 e. The molecule has 0 spiro atoms. The third kappa shape index (κ3) is 2.16. The van der Waals surface area contributed by atoms with Crippen LogP contribution in [-0.2, 0) is 19.0 Å². The summed E-state index contributed by atoms with van der Waals surface area (Å²) in [5, 5.41) is 1.15. The summed E-state index contributed by atoms with van der Waals surface area (Å²) in [7, 11) is 0. The van der Waals surface area contributed by atoms with Gasteiger partial charge < -0.3 is 4.90 Å². The van der Waals surface area contributed by atoms with E-state index in [2.05, 4.69) is 47.4 Å². The maximum absolute atomic E-state index is 6.16. The molecule has 104 valence electrons. The minimum absolute atomic E-state index is 0.486. The van der Waals surface area contributed by atoms with Gasteiger partial charge in [0.1, 0.15) is 5.82 Å². The Kier molecular flexibility index (Phi) is 3.04. The Balaban J connectivity index is 1.80. The molecule has 2 heterocycles. The van der Waals surface area contributed by atoms with Crippen molar-refractivity contribution in [3.05, 3.63) is 71.3 Å². The smallest absolute Gasteiger partial charge is 0.134 e. The molecule has 0 N–H and O–H groups in total. The van der Waals surface area contributed by atoms with E-state index in [1.807, 2.05) is 12.1 Å². The van der Waals surface area contributed by atoms with Crippen LogP contribution in [0.25, 0.3) is 10.9 Å². The lowest BCUT2D eigenvalue weighted by atomic mass is 10.1. The van der Waals surface area contributed by atoms with Gasteiger partial charge in [0.2, 0.25) is 0 Å². The van der Waals surface area contributed by atoms with Gasteiger partial charge in [0, 0.05) is 24.0 Å². The summed E-state index contributed by atoms with van der Waals surface area (Å²) in [5.41, 5.74) is 4.89. The molecule has 3 heteroatoms. The van der Waals surface area contributed by atoms with E-state index in [0.717, 1.165) is 35.4 Å². The largest absolute Gasteiger partial charge is 0.348 e. The van der Waals surface area contributed by atoms with Crippen LogP contribution in [0.2, 0.25) is 0 Å². The quantitative estimate of drug-likeness (QED) is 0.647. The van der Waals surface area contributed by atoms with Gasteiger partial charge in [-0.1, -0.05) is 42.5 Å². The highest BCUT2D eigenvalue weighted by Crippen LogP contribution is 2.31. The lowest BCUT2D eigenvalue weighted by Gasteiger charge is -2.20. The van der Waals surface area contributed by atoms with Gasteiger partial charge in [-0.25, -0.2) is 4.98 Å². The summed E-state index contributed by atoms with van der Waals surface area (Å²) in [4.78, 5) is 7.17. The van der Waals surface area contributed by atoms with Crippen LogP contribution in [0, 0.1) is 0 Å². The number of para-hydroxylation sites is 1. The first kappa shape index (κ1) is 12.7. The number of aromatic nitrogens is 1. The van der Waals surface area contributed by atoms with Gasteiger partial charge in [-0.05, 0) is 23.3 Å². The van der Waals surface area contributed by atoms with Crippen molar-refractivity contribution in [2.45, 2.75) is 19.0 Å². The zero-order chi connectivity index (χ0) is 14.2. The number of fused-ring (bicyclic) bond motifs is 2. The summed E-state index contributed by atoms with van der Waals surface area (Å²) in [6.45, 7) is 1.82. The average Bonchev–Trinajstić information content (AvgIpc) is 2.97. The van der Waals surface area contributed by atoms with Crippen molar-refractivity contribution in [3.63, 3.8) is 0 Å². The fourth-order valence-electron chi connectivity index (χ4n) is 3.00. The molecule has 2 nitrogen and oxygen atoms in total. The van der Waals surface area contributed by atoms with Crippen molar-refractivity contribution < 1.29 is 0 Å². The molecular formula is C18H15ClN2. The first-order chi connectivity index (χ1) is 10.3. The van der Waals surface area contributed by atoms with Crippen molar-refractivity contribution >= 4 is 28.3 Å². The molecule has 0 unspecified atom stereocenters. The van der Waals surface area contributed by atoms with E-state index >= 15 is 0 Å². The third-order valence-electron chi connectivity index (χ3n) is 4.06. The molecule has 0 saturated carbocycles. The zero-order valence-electron chi connectivity index (χ0n) is 11.6. The number of halogens is 1. The highest BCUT2D eigenvalue weighted by Gasteiger charge is 2.22. The molecule has 1 aliphatic heterocycles. The van der Waals surface area contributed by atoms with E-state index in [4.69, 9.17) is 16.6 Å². The van der Waals surface area contributed by atoms with E-state index in [0.29, 0.717) is 5.88 Å². The minimum Gasteiger partial charge on any atom is -0.348 e. The third-order valence-corrected chi connectivity index (χ3v) is 4.35. The molecule has 0 atom stereocenters. The molecule has 0 amide bonds. The van der Waals surface area contributed by atoms with Gasteiger partial charge in [-0.15, -0.1) is 11.6 Å². The lowest BCUT2D eigenvalue weighted by molar-refractivity contribution is 0.853. The number of pyridine rings is 1. The van der Waals surface area contributed by atoms with Crippen molar-refractivity contribution in [1.82, 2.24) is 4.98 Å². The number of hydrogen-bond donors (Lipinski definition) is 0. The fraction of sp³-hybridized carbons (Fsp3) is 0.167. The zero-order valence-corrected chi connectivity index (χ0v) is 12.3. The summed E-state index contributed by atoms with van der Waals surface area (Å²) < 4.78 is 0. The van der Waals surface area contributed by atoms with Crippen LogP contribution in [0.1, 0.15) is 16.7 Å². The Morgan fingerprint density at radius 3 is 2.33 bits per heavy atom. The van der Waals surface area contributed by atoms with Crippen molar-refractivity contribution in [2.24, 2.45) is 0 Å². The molecule has 21 heavy (non-hydrogen) atoms. The van der Waals surface area contributed by atoms with Crippen LogP contribution < -0.4 is 4.90 Å². The predicted molar refractivity (Wildman–Crippen MR) is 87.6 cm³/mol. The molecule has 0 aliphatic carbocycles. The molecule has 1 aromatic heterocycles. The second-order valence-electron chi connectivity index (χ2n) is 5.42. The van der Waals surface area contributed by atoms with Crippen molar-refractivity contribution in [2.75, 3.05) is 4.90 Å². The van der Waals surface area contributed by atoms with Crippen molar-refractivity contribution in [3.8, 4) is 0 Å². The Labute approximate surface area is 129 Å². The molecule has 2 aromatic carbocycles. The topological polar surface area (TPSA) is 16.1 Å². The summed E-state index contributed by atoms with van der Waals surface area (Å²) in [6.07, 6.45) is 0. The summed E-state index contributed by atoms with van der Waals surface area (Å²) in [6, 6.07) is 18.9. The van der Waals surface area contributed by atoms with E-state index in [9.17, 15) is 0 Å². The fourth-order valence-corrected chi connectivity index (χ4v) is 3.20. The molecule has 0 saturated heterocycles. The average molecular weight is 295 g/mol. The Morgan fingerprint density at radius 1 is 0.952 bits per heavy atom. The maximum atomic E-state index is 6.16. The predicted octanol–water partition coefficient (Wildman–Crippen LogP) is 4.49. The van der Waals surface area contributed by atoms with E-state index in [-0.39, 0.29) is 0 Å². The van der Waals surface area contributed by atoms with Crippen molar-refractivity contribution in [1.29, 1.82) is 0 Å². The first-order valence-corrected chi connectivity index (χ1v) is 7.65. The lowest BCUT2D eigenvalue weighted by Crippen LogP contribution is -2.17. The molecule has 0 fully saturated rings. The van der Waals surface area contributed by atoms with Gasteiger partial charge in [0.15, 0.2) is 0 Å². The van der Waals surface area contributed by atoms with Gasteiger partial charge >= 0.3 is 0 Å². The molecule has 0 bridgehead atoms. The SMILES string of the molecule is ClCc1cc2ccccc2nc1N1Cc2ccccc2C1. The number of anilines is 1. The first-order valence-electron chi connectivity index (χ1n) is 7.11. The standard InChI is InChI=1S/C18H15ClN2/c19-10-16-9-13-5-3-4-8-17(13)20-18(16)21-11-14-6-1-2-7-15(14)12-21/h1-9H,10-12H2. The van der Waals surface area contributed by atoms with Gasteiger partial charge in [-0.3, -0.25) is 0 Å². The van der Waals surface area contributed by atoms with Gasteiger partial charge in [-0.2, -0.15) is 0 Å². The number of hydrogen-bond acceptors (Lipinski definition) is 2. The van der Waals surface area contributed by atoms with Crippen LogP contribution in [0.3, 0.4) is 0 Å². The Morgan fingerprint density at radius 2 is 1.62 bits per heavy atom. The molecule has 1 aliphatic rings. The van der Waals surface area contributed by atoms with Crippen LogP contribution in [0.5, 0.6) is 0 Å². The normalized spacial score (nSPS) is 13.7. The Bertz CT molecular complexity index is 788. The highest BCUT2D eigenvalue weighted by molar-refractivity contribution is 6.17. The summed E-state index contributed by atoms with van der Waals surface area (Å²) in [5.74, 6) is 1.50. The molecular weight excluding hydrogens is 280 g/mol.